The van der Waals surface area contributed by atoms with E-state index in [9.17, 15) is 14.9 Å². The number of nitrogens with zero attached hydrogens (tertiary/aromatic N) is 3. The molecule has 27 heavy (non-hydrogen) atoms. The second kappa shape index (κ2) is 7.08. The second-order valence-electron chi connectivity index (χ2n) is 7.01. The molecule has 138 valence electrons. The standard InChI is InChI=1S/C20H21N5O2/c1-11(2)16-17(24-18-15(9-21)10-22-25(18)20(16)27)13-5-7-14(8-6-13)19(26)23-12(3)4/h5-8,10-12,24H,1-4H3,(H,23,26). The molecule has 1 aromatic carbocycles. The molecule has 7 nitrogen and oxygen atoms in total. The highest BCUT2D eigenvalue weighted by Gasteiger charge is 2.19. The van der Waals surface area contributed by atoms with Crippen molar-refractivity contribution >= 4 is 11.6 Å². The molecule has 1 amide bonds. The third-order valence-electron chi connectivity index (χ3n) is 4.26. The van der Waals surface area contributed by atoms with Crippen LogP contribution in [0.4, 0.5) is 0 Å². The van der Waals surface area contributed by atoms with E-state index in [1.807, 2.05) is 33.8 Å². The predicted molar refractivity (Wildman–Crippen MR) is 103 cm³/mol. The second-order valence-corrected chi connectivity index (χ2v) is 7.01. The Morgan fingerprint density at radius 3 is 2.44 bits per heavy atom. The van der Waals surface area contributed by atoms with Gasteiger partial charge in [-0.05, 0) is 37.5 Å². The smallest absolute Gasteiger partial charge is 0.278 e. The van der Waals surface area contributed by atoms with Crippen LogP contribution in [0.25, 0.3) is 16.9 Å². The summed E-state index contributed by atoms with van der Waals surface area (Å²) < 4.78 is 1.22. The molecule has 0 atom stereocenters. The average molecular weight is 363 g/mol. The molecule has 2 N–H and O–H groups in total. The van der Waals surface area contributed by atoms with Crippen LogP contribution in [0.5, 0.6) is 0 Å². The zero-order chi connectivity index (χ0) is 19.7. The number of H-pyrrole nitrogens is 1. The van der Waals surface area contributed by atoms with Crippen molar-refractivity contribution in [3.8, 4) is 17.3 Å². The molecule has 0 unspecified atom stereocenters. The first-order valence-corrected chi connectivity index (χ1v) is 8.78. The third kappa shape index (κ3) is 3.34. The van der Waals surface area contributed by atoms with Crippen molar-refractivity contribution in [1.82, 2.24) is 19.9 Å². The van der Waals surface area contributed by atoms with E-state index in [2.05, 4.69) is 15.4 Å². The van der Waals surface area contributed by atoms with Gasteiger partial charge in [-0.1, -0.05) is 26.0 Å². The van der Waals surface area contributed by atoms with E-state index in [0.29, 0.717) is 28.0 Å². The molecule has 3 rings (SSSR count). The number of amides is 1. The van der Waals surface area contributed by atoms with Crippen LogP contribution in [0.3, 0.4) is 0 Å². The molecule has 0 fully saturated rings. The summed E-state index contributed by atoms with van der Waals surface area (Å²) in [6, 6.07) is 9.13. The molecular formula is C20H21N5O2. The molecular weight excluding hydrogens is 342 g/mol. The van der Waals surface area contributed by atoms with E-state index in [1.165, 1.54) is 10.7 Å². The van der Waals surface area contributed by atoms with Gasteiger partial charge in [0, 0.05) is 17.2 Å². The number of carbonyl (C=O) groups is 1. The number of nitrogens with one attached hydrogen (secondary N) is 2. The summed E-state index contributed by atoms with van der Waals surface area (Å²) in [5.41, 5.74) is 2.94. The Bertz CT molecular complexity index is 1100. The van der Waals surface area contributed by atoms with Gasteiger partial charge >= 0.3 is 0 Å². The molecule has 0 aliphatic rings. The molecule has 0 aliphatic heterocycles. The van der Waals surface area contributed by atoms with Crippen molar-refractivity contribution in [3.63, 3.8) is 0 Å². The van der Waals surface area contributed by atoms with Gasteiger partial charge in [0.25, 0.3) is 11.5 Å². The number of rotatable bonds is 4. The third-order valence-corrected chi connectivity index (χ3v) is 4.26. The Balaban J connectivity index is 2.16. The summed E-state index contributed by atoms with van der Waals surface area (Å²) >= 11 is 0. The molecule has 0 radical (unpaired) electrons. The number of fused-ring (bicyclic) bond motifs is 1. The molecule has 7 heteroatoms. The Morgan fingerprint density at radius 2 is 1.89 bits per heavy atom. The van der Waals surface area contributed by atoms with E-state index in [-0.39, 0.29) is 23.4 Å². The zero-order valence-corrected chi connectivity index (χ0v) is 15.7. The fraction of sp³-hybridized carbons (Fsp3) is 0.300. The maximum absolute atomic E-state index is 12.9. The molecule has 2 aromatic heterocycles. The lowest BCUT2D eigenvalue weighted by Crippen LogP contribution is -2.29. The maximum atomic E-state index is 12.9. The summed E-state index contributed by atoms with van der Waals surface area (Å²) in [6.07, 6.45) is 1.38. The van der Waals surface area contributed by atoms with Gasteiger partial charge in [-0.2, -0.15) is 14.9 Å². The van der Waals surface area contributed by atoms with Crippen molar-refractivity contribution in [2.24, 2.45) is 0 Å². The first-order valence-electron chi connectivity index (χ1n) is 8.78. The minimum atomic E-state index is -0.253. The molecule has 0 saturated heterocycles. The van der Waals surface area contributed by atoms with E-state index < -0.39 is 0 Å². The summed E-state index contributed by atoms with van der Waals surface area (Å²) in [7, 11) is 0. The van der Waals surface area contributed by atoms with Gasteiger partial charge in [0.2, 0.25) is 0 Å². The SMILES string of the molecule is CC(C)NC(=O)c1ccc(-c2[nH]c3c(C#N)cnn3c(=O)c2C(C)C)cc1. The van der Waals surface area contributed by atoms with Crippen LogP contribution in [0.2, 0.25) is 0 Å². The van der Waals surface area contributed by atoms with Crippen LogP contribution < -0.4 is 10.9 Å². The minimum absolute atomic E-state index is 0.0493. The van der Waals surface area contributed by atoms with Gasteiger partial charge in [0.1, 0.15) is 11.6 Å². The number of aromatic nitrogens is 3. The van der Waals surface area contributed by atoms with E-state index in [0.717, 1.165) is 5.56 Å². The largest absolute Gasteiger partial charge is 0.350 e. The van der Waals surface area contributed by atoms with E-state index in [4.69, 9.17) is 0 Å². The van der Waals surface area contributed by atoms with Crippen LogP contribution in [-0.2, 0) is 0 Å². The number of carbonyl (C=O) groups excluding carboxylic acids is 1. The maximum Gasteiger partial charge on any atom is 0.278 e. The van der Waals surface area contributed by atoms with Gasteiger partial charge in [-0.3, -0.25) is 9.59 Å². The quantitative estimate of drug-likeness (QED) is 0.744. The molecule has 2 heterocycles. The number of hydrogen-bond donors (Lipinski definition) is 2. The Labute approximate surface area is 156 Å². The van der Waals surface area contributed by atoms with Crippen LogP contribution in [0.15, 0.2) is 35.3 Å². The van der Waals surface area contributed by atoms with Crippen LogP contribution >= 0.6 is 0 Å². The summed E-state index contributed by atoms with van der Waals surface area (Å²) in [4.78, 5) is 28.2. The lowest BCUT2D eigenvalue weighted by Gasteiger charge is -2.14. The number of nitriles is 1. The summed E-state index contributed by atoms with van der Waals surface area (Å²) in [5.74, 6) is -0.195. The highest BCUT2D eigenvalue weighted by Crippen LogP contribution is 2.26. The monoisotopic (exact) mass is 363 g/mol. The van der Waals surface area contributed by atoms with Crippen molar-refractivity contribution in [2.45, 2.75) is 39.7 Å². The Morgan fingerprint density at radius 1 is 1.22 bits per heavy atom. The fourth-order valence-electron chi connectivity index (χ4n) is 3.01. The van der Waals surface area contributed by atoms with Crippen molar-refractivity contribution in [1.29, 1.82) is 5.26 Å². The molecule has 0 spiro atoms. The highest BCUT2D eigenvalue weighted by molar-refractivity contribution is 5.94. The Kier molecular flexibility index (Phi) is 4.82. The van der Waals surface area contributed by atoms with Crippen molar-refractivity contribution < 1.29 is 4.79 Å². The topological polar surface area (TPSA) is 103 Å². The van der Waals surface area contributed by atoms with E-state index >= 15 is 0 Å². The number of benzene rings is 1. The van der Waals surface area contributed by atoms with Gasteiger partial charge in [0.15, 0.2) is 5.65 Å². The van der Waals surface area contributed by atoms with Crippen molar-refractivity contribution in [3.05, 3.63) is 57.5 Å². The van der Waals surface area contributed by atoms with Crippen LogP contribution in [-0.4, -0.2) is 26.5 Å². The highest BCUT2D eigenvalue weighted by atomic mass is 16.1. The molecule has 0 bridgehead atoms. The zero-order valence-electron chi connectivity index (χ0n) is 15.7. The first kappa shape index (κ1) is 18.4. The average Bonchev–Trinajstić information content (AvgIpc) is 3.04. The van der Waals surface area contributed by atoms with Gasteiger partial charge in [0.05, 0.1) is 11.9 Å². The lowest BCUT2D eigenvalue weighted by atomic mass is 9.97. The normalized spacial score (nSPS) is 11.1. The first-order chi connectivity index (χ1) is 12.8. The van der Waals surface area contributed by atoms with Crippen LogP contribution in [0, 0.1) is 11.3 Å². The molecule has 3 aromatic rings. The lowest BCUT2D eigenvalue weighted by molar-refractivity contribution is 0.0943. The van der Waals surface area contributed by atoms with Gasteiger partial charge in [-0.25, -0.2) is 0 Å². The van der Waals surface area contributed by atoms with E-state index in [1.54, 1.807) is 24.3 Å². The molecule has 0 aliphatic carbocycles. The predicted octanol–water partition coefficient (Wildman–Crippen LogP) is 2.82. The number of aromatic amines is 1. The summed E-state index contributed by atoms with van der Waals surface area (Å²) in [6.45, 7) is 7.66. The molecule has 0 saturated carbocycles. The van der Waals surface area contributed by atoms with Crippen molar-refractivity contribution in [2.75, 3.05) is 0 Å². The fourth-order valence-corrected chi connectivity index (χ4v) is 3.01. The Hall–Kier alpha value is -3.40. The van der Waals surface area contributed by atoms with Gasteiger partial charge in [-0.15, -0.1) is 0 Å². The number of hydrogen-bond acceptors (Lipinski definition) is 4. The summed E-state index contributed by atoms with van der Waals surface area (Å²) in [5, 5.41) is 16.1. The van der Waals surface area contributed by atoms with Crippen LogP contribution in [0.1, 0.15) is 55.1 Å². The minimum Gasteiger partial charge on any atom is -0.350 e. The van der Waals surface area contributed by atoms with Gasteiger partial charge < -0.3 is 10.3 Å².